The number of benzene rings is 2. The van der Waals surface area contributed by atoms with E-state index in [1.807, 2.05) is 12.1 Å². The SMILES string of the molecule is N#Cc1ccc(C(/C=C/CC(N)CCCNC=O)=C(/S)c2ccc(NCC(O)CO)c(C=N)c2)cc1F. The number of hydrogen-bond donors (Lipinski definition) is 7. The number of nitrogens with one attached hydrogen (secondary N) is 3. The average Bonchev–Trinajstić information content (AvgIpc) is 2.91. The van der Waals surface area contributed by atoms with Crippen LogP contribution in [0.5, 0.6) is 0 Å². The number of hydrogen-bond acceptors (Lipinski definition) is 8. The molecule has 37 heavy (non-hydrogen) atoms. The van der Waals surface area contributed by atoms with Gasteiger partial charge in [0.25, 0.3) is 0 Å². The molecule has 0 heterocycles. The van der Waals surface area contributed by atoms with Crippen molar-refractivity contribution in [3.63, 3.8) is 0 Å². The number of aliphatic hydroxyl groups excluding tert-OH is 2. The summed E-state index contributed by atoms with van der Waals surface area (Å²) in [6.07, 6.45) is 6.57. The number of carbonyl (C=O) groups is 1. The zero-order chi connectivity index (χ0) is 27.2. The van der Waals surface area contributed by atoms with Gasteiger partial charge in [-0.25, -0.2) is 4.39 Å². The lowest BCUT2D eigenvalue weighted by atomic mass is 9.98. The number of carbonyl (C=O) groups excluding carboxylic acids is 1. The Hall–Kier alpha value is -3.49. The summed E-state index contributed by atoms with van der Waals surface area (Å²) in [5, 5.41) is 41.1. The Morgan fingerprint density at radius 1 is 1.27 bits per heavy atom. The molecule has 10 heteroatoms. The van der Waals surface area contributed by atoms with Crippen molar-refractivity contribution in [1.82, 2.24) is 5.32 Å². The monoisotopic (exact) mass is 525 g/mol. The Morgan fingerprint density at radius 2 is 2.03 bits per heavy atom. The van der Waals surface area contributed by atoms with E-state index in [9.17, 15) is 14.3 Å². The highest BCUT2D eigenvalue weighted by molar-refractivity contribution is 7.90. The molecule has 2 unspecified atom stereocenters. The van der Waals surface area contributed by atoms with Gasteiger partial charge in [0.2, 0.25) is 6.41 Å². The second kappa shape index (κ2) is 15.6. The van der Waals surface area contributed by atoms with E-state index in [0.717, 1.165) is 12.6 Å². The fourth-order valence-electron chi connectivity index (χ4n) is 3.53. The van der Waals surface area contributed by atoms with Gasteiger partial charge in [-0.05, 0) is 60.2 Å². The third-order valence-corrected chi connectivity index (χ3v) is 6.08. The van der Waals surface area contributed by atoms with Crippen LogP contribution in [0.15, 0.2) is 48.6 Å². The Labute approximate surface area is 221 Å². The van der Waals surface area contributed by atoms with Crippen molar-refractivity contribution in [3.8, 4) is 6.07 Å². The predicted molar refractivity (Wildman–Crippen MR) is 148 cm³/mol. The van der Waals surface area contributed by atoms with Crippen LogP contribution in [-0.2, 0) is 4.79 Å². The maximum absolute atomic E-state index is 14.5. The number of thiol groups is 1. The van der Waals surface area contributed by atoms with Crippen LogP contribution < -0.4 is 16.4 Å². The van der Waals surface area contributed by atoms with Crippen LogP contribution in [0, 0.1) is 22.6 Å². The zero-order valence-electron chi connectivity index (χ0n) is 20.3. The third-order valence-electron chi connectivity index (χ3n) is 5.58. The van der Waals surface area contributed by atoms with Crippen molar-refractivity contribution >= 4 is 41.4 Å². The number of rotatable bonds is 15. The number of nitrogens with zero attached hydrogens (tertiary/aromatic N) is 1. The molecule has 7 N–H and O–H groups in total. The van der Waals surface area contributed by atoms with Gasteiger partial charge in [-0.2, -0.15) is 5.26 Å². The van der Waals surface area contributed by atoms with Gasteiger partial charge >= 0.3 is 0 Å². The Bertz CT molecular complexity index is 1180. The molecule has 0 aliphatic carbocycles. The molecule has 0 saturated heterocycles. The summed E-state index contributed by atoms with van der Waals surface area (Å²) >= 11 is 4.73. The number of allylic oxidation sites excluding steroid dienone is 2. The van der Waals surface area contributed by atoms with Crippen LogP contribution >= 0.6 is 12.6 Å². The Morgan fingerprint density at radius 3 is 2.68 bits per heavy atom. The molecule has 0 spiro atoms. The van der Waals surface area contributed by atoms with E-state index in [4.69, 9.17) is 34.1 Å². The molecule has 0 aliphatic heterocycles. The maximum atomic E-state index is 14.5. The van der Waals surface area contributed by atoms with Gasteiger partial charge in [-0.3, -0.25) is 4.79 Å². The van der Waals surface area contributed by atoms with E-state index in [-0.39, 0.29) is 24.8 Å². The summed E-state index contributed by atoms with van der Waals surface area (Å²) in [5.41, 5.74) is 9.05. The van der Waals surface area contributed by atoms with Gasteiger partial charge in [0.1, 0.15) is 11.9 Å². The van der Waals surface area contributed by atoms with E-state index >= 15 is 0 Å². The van der Waals surface area contributed by atoms with Gasteiger partial charge < -0.3 is 32.0 Å². The summed E-state index contributed by atoms with van der Waals surface area (Å²) in [6.45, 7) is 0.283. The van der Waals surface area contributed by atoms with E-state index in [1.54, 1.807) is 30.3 Å². The van der Waals surface area contributed by atoms with Gasteiger partial charge in [0.15, 0.2) is 0 Å². The minimum absolute atomic E-state index is 0.0645. The molecule has 0 radical (unpaired) electrons. The highest BCUT2D eigenvalue weighted by atomic mass is 32.1. The van der Waals surface area contributed by atoms with Crippen LogP contribution in [-0.4, -0.2) is 54.7 Å². The minimum atomic E-state index is -0.936. The summed E-state index contributed by atoms with van der Waals surface area (Å²) in [6, 6.07) is 11.3. The number of amides is 1. The minimum Gasteiger partial charge on any atom is -0.394 e. The number of nitrogens with two attached hydrogens (primary N) is 1. The van der Waals surface area contributed by atoms with E-state index in [0.29, 0.717) is 58.7 Å². The van der Waals surface area contributed by atoms with Crippen molar-refractivity contribution < 1.29 is 19.4 Å². The second-order valence-electron chi connectivity index (χ2n) is 8.34. The first kappa shape index (κ1) is 29.7. The van der Waals surface area contributed by atoms with Crippen LogP contribution in [0.1, 0.15) is 41.5 Å². The molecule has 2 aromatic carbocycles. The number of nitriles is 1. The molecule has 0 fully saturated rings. The fourth-order valence-corrected chi connectivity index (χ4v) is 3.87. The third kappa shape index (κ3) is 9.15. The highest BCUT2D eigenvalue weighted by Crippen LogP contribution is 2.33. The number of aliphatic hydroxyl groups is 2. The summed E-state index contributed by atoms with van der Waals surface area (Å²) in [4.78, 5) is 10.9. The Balaban J connectivity index is 2.40. The van der Waals surface area contributed by atoms with Gasteiger partial charge in [0, 0.05) is 41.5 Å². The molecule has 196 valence electrons. The van der Waals surface area contributed by atoms with Crippen molar-refractivity contribution in [1.29, 1.82) is 10.7 Å². The van der Waals surface area contributed by atoms with Crippen LogP contribution in [0.2, 0.25) is 0 Å². The molecule has 2 aromatic rings. The van der Waals surface area contributed by atoms with Crippen LogP contribution in [0.25, 0.3) is 10.5 Å². The lowest BCUT2D eigenvalue weighted by Gasteiger charge is -2.15. The molecule has 0 bridgehead atoms. The standard InChI is InChI=1S/C27H32FN5O3S/c28-25-12-18(6-7-20(25)13-29)24(5-1-3-22(31)4-2-10-32-17-35)27(37)19-8-9-26(21(11-19)14-30)33-15-23(36)16-34/h1,5-9,11-12,14,17,22-23,30,33-34,36-37H,2-4,10,15-16,31H2,(H,32,35)/b5-1+,27-24+,30-14?. The van der Waals surface area contributed by atoms with E-state index < -0.39 is 11.9 Å². The smallest absolute Gasteiger partial charge is 0.207 e. The van der Waals surface area contributed by atoms with Crippen molar-refractivity contribution in [2.45, 2.75) is 31.4 Å². The number of halogens is 1. The van der Waals surface area contributed by atoms with E-state index in [1.165, 1.54) is 12.1 Å². The molecule has 8 nitrogen and oxygen atoms in total. The van der Waals surface area contributed by atoms with Crippen molar-refractivity contribution in [2.75, 3.05) is 25.0 Å². The van der Waals surface area contributed by atoms with Crippen molar-refractivity contribution in [2.24, 2.45) is 5.73 Å². The first-order chi connectivity index (χ1) is 17.8. The van der Waals surface area contributed by atoms with Gasteiger partial charge in [0.05, 0.1) is 18.3 Å². The highest BCUT2D eigenvalue weighted by Gasteiger charge is 2.12. The molecule has 2 rings (SSSR count). The molecule has 0 aliphatic rings. The lowest BCUT2D eigenvalue weighted by Crippen LogP contribution is -2.23. The summed E-state index contributed by atoms with van der Waals surface area (Å²) in [7, 11) is 0. The number of anilines is 1. The molecule has 2 atom stereocenters. The molecule has 0 aromatic heterocycles. The predicted octanol–water partition coefficient (Wildman–Crippen LogP) is 3.06. The van der Waals surface area contributed by atoms with Crippen LogP contribution in [0.3, 0.4) is 0 Å². The molecule has 0 saturated carbocycles. The average molecular weight is 526 g/mol. The zero-order valence-corrected chi connectivity index (χ0v) is 21.2. The summed E-state index contributed by atoms with van der Waals surface area (Å²) in [5.74, 6) is -0.645. The van der Waals surface area contributed by atoms with Gasteiger partial charge in [-0.1, -0.05) is 24.3 Å². The molecule has 1 amide bonds. The first-order valence-electron chi connectivity index (χ1n) is 11.7. The maximum Gasteiger partial charge on any atom is 0.207 e. The lowest BCUT2D eigenvalue weighted by molar-refractivity contribution is -0.109. The Kier molecular flexibility index (Phi) is 12.5. The first-order valence-corrected chi connectivity index (χ1v) is 12.2. The largest absolute Gasteiger partial charge is 0.394 e. The second-order valence-corrected chi connectivity index (χ2v) is 8.79. The fraction of sp³-hybridized carbons (Fsp3) is 0.296. The summed E-state index contributed by atoms with van der Waals surface area (Å²) < 4.78 is 14.5. The topological polar surface area (TPSA) is 155 Å². The normalized spacial score (nSPS) is 13.4. The van der Waals surface area contributed by atoms with Crippen molar-refractivity contribution in [3.05, 3.63) is 76.6 Å². The molecular weight excluding hydrogens is 493 g/mol. The van der Waals surface area contributed by atoms with Gasteiger partial charge in [-0.15, -0.1) is 12.6 Å². The molecular formula is C27H32FN5O3S. The van der Waals surface area contributed by atoms with Crippen LogP contribution in [0.4, 0.5) is 10.1 Å². The van der Waals surface area contributed by atoms with E-state index in [2.05, 4.69) is 10.6 Å². The quantitative estimate of drug-likeness (QED) is 0.0473.